The second-order valence-electron chi connectivity index (χ2n) is 5.09. The molecule has 8 heteroatoms. The molecule has 0 aromatic heterocycles. The van der Waals surface area contributed by atoms with Gasteiger partial charge in [0.1, 0.15) is 6.61 Å². The van der Waals surface area contributed by atoms with Gasteiger partial charge in [0.25, 0.3) is 5.91 Å². The average Bonchev–Trinajstić information content (AvgIpc) is 2.54. The van der Waals surface area contributed by atoms with Crippen LogP contribution in [0.25, 0.3) is 0 Å². The summed E-state index contributed by atoms with van der Waals surface area (Å²) in [6.07, 6.45) is -4.49. The highest BCUT2D eigenvalue weighted by atomic mass is 19.4. The Balaban J connectivity index is 2.12. The molecule has 0 radical (unpaired) electrons. The van der Waals surface area contributed by atoms with E-state index in [4.69, 9.17) is 0 Å². The number of alkyl halides is 3. The summed E-state index contributed by atoms with van der Waals surface area (Å²) in [5.41, 5.74) is -0.272. The van der Waals surface area contributed by atoms with E-state index in [1.807, 2.05) is 0 Å². The summed E-state index contributed by atoms with van der Waals surface area (Å²) in [5, 5.41) is 4.94. The van der Waals surface area contributed by atoms with Crippen molar-refractivity contribution in [3.8, 4) is 0 Å². The zero-order chi connectivity index (χ0) is 18.4. The summed E-state index contributed by atoms with van der Waals surface area (Å²) in [6.45, 7) is -0.138. The Hall–Kier alpha value is -2.87. The first-order valence-electron chi connectivity index (χ1n) is 7.17. The minimum Gasteiger partial charge on any atom is -0.375 e. The zero-order valence-electron chi connectivity index (χ0n) is 13.2. The molecule has 2 aromatic rings. The van der Waals surface area contributed by atoms with E-state index in [9.17, 15) is 22.8 Å². The number of anilines is 2. The molecule has 25 heavy (non-hydrogen) atoms. The molecule has 2 amide bonds. The number of nitrogens with one attached hydrogen (secondary N) is 2. The van der Waals surface area contributed by atoms with Crippen molar-refractivity contribution >= 4 is 23.2 Å². The summed E-state index contributed by atoms with van der Waals surface area (Å²) in [4.78, 5) is 23.7. The van der Waals surface area contributed by atoms with Crippen LogP contribution in [0, 0.1) is 0 Å². The lowest BCUT2D eigenvalue weighted by Crippen LogP contribution is -2.18. The molecule has 0 heterocycles. The number of methoxy groups -OCH3 is 1. The van der Waals surface area contributed by atoms with Crippen LogP contribution in [0.4, 0.5) is 24.5 Å². The highest BCUT2D eigenvalue weighted by Gasteiger charge is 2.30. The maximum atomic E-state index is 12.7. The van der Waals surface area contributed by atoms with Crippen LogP contribution in [-0.4, -0.2) is 25.5 Å². The molecule has 2 rings (SSSR count). The molecule has 132 valence electrons. The van der Waals surface area contributed by atoms with Crippen molar-refractivity contribution in [3.05, 3.63) is 59.7 Å². The molecule has 0 aliphatic heterocycles. The molecule has 2 N–H and O–H groups in total. The third-order valence-electron chi connectivity index (χ3n) is 3.13. The second kappa shape index (κ2) is 7.80. The molecule has 0 spiro atoms. The van der Waals surface area contributed by atoms with Gasteiger partial charge < -0.3 is 15.4 Å². The first kappa shape index (κ1) is 18.5. The summed E-state index contributed by atoms with van der Waals surface area (Å²) in [6, 6.07) is 10.4. The zero-order valence-corrected chi connectivity index (χ0v) is 13.2. The maximum Gasteiger partial charge on any atom is 0.416 e. The van der Waals surface area contributed by atoms with E-state index in [2.05, 4.69) is 15.4 Å². The third kappa shape index (κ3) is 5.32. The van der Waals surface area contributed by atoms with Gasteiger partial charge in [0, 0.05) is 24.0 Å². The van der Waals surface area contributed by atoms with Crippen LogP contribution in [-0.2, 0) is 15.7 Å². The van der Waals surface area contributed by atoms with Gasteiger partial charge in [0.05, 0.1) is 5.56 Å². The lowest BCUT2D eigenvalue weighted by molar-refractivity contribution is -0.137. The standard InChI is InChI=1S/C17H15F3N2O3/c1-25-10-15(23)21-13-6-2-4-11(8-13)16(24)22-14-7-3-5-12(9-14)17(18,19)20/h2-9H,10H2,1H3,(H,21,23)(H,22,24). The van der Waals surface area contributed by atoms with Crippen LogP contribution in [0.1, 0.15) is 15.9 Å². The van der Waals surface area contributed by atoms with Crippen molar-refractivity contribution in [2.24, 2.45) is 0 Å². The van der Waals surface area contributed by atoms with Gasteiger partial charge in [-0.05, 0) is 36.4 Å². The Morgan fingerprint density at radius 1 is 1.00 bits per heavy atom. The van der Waals surface area contributed by atoms with Gasteiger partial charge in [-0.15, -0.1) is 0 Å². The van der Waals surface area contributed by atoms with Gasteiger partial charge >= 0.3 is 6.18 Å². The van der Waals surface area contributed by atoms with Crippen LogP contribution in [0.5, 0.6) is 0 Å². The molecule has 0 fully saturated rings. The van der Waals surface area contributed by atoms with Gasteiger partial charge in [-0.25, -0.2) is 0 Å². The van der Waals surface area contributed by atoms with E-state index in [0.717, 1.165) is 12.1 Å². The molecule has 0 bridgehead atoms. The lowest BCUT2D eigenvalue weighted by Gasteiger charge is -2.11. The van der Waals surface area contributed by atoms with Gasteiger partial charge in [0.2, 0.25) is 5.91 Å². The smallest absolute Gasteiger partial charge is 0.375 e. The van der Waals surface area contributed by atoms with Crippen molar-refractivity contribution < 1.29 is 27.5 Å². The molecular weight excluding hydrogens is 337 g/mol. The van der Waals surface area contributed by atoms with E-state index in [1.54, 1.807) is 12.1 Å². The Labute approximate surface area is 141 Å². The van der Waals surface area contributed by atoms with E-state index in [1.165, 1.54) is 31.4 Å². The lowest BCUT2D eigenvalue weighted by atomic mass is 10.1. The first-order valence-corrected chi connectivity index (χ1v) is 7.17. The maximum absolute atomic E-state index is 12.7. The first-order chi connectivity index (χ1) is 11.8. The van der Waals surface area contributed by atoms with Gasteiger partial charge in [-0.1, -0.05) is 12.1 Å². The molecule has 0 saturated heterocycles. The molecule has 2 aromatic carbocycles. The van der Waals surface area contributed by atoms with E-state index in [-0.39, 0.29) is 17.9 Å². The topological polar surface area (TPSA) is 67.4 Å². The summed E-state index contributed by atoms with van der Waals surface area (Å²) in [7, 11) is 1.37. The molecule has 0 unspecified atom stereocenters. The largest absolute Gasteiger partial charge is 0.416 e. The minimum atomic E-state index is -4.49. The minimum absolute atomic E-state index is 0.0219. The number of benzene rings is 2. The fraction of sp³-hybridized carbons (Fsp3) is 0.176. The van der Waals surface area contributed by atoms with Crippen LogP contribution >= 0.6 is 0 Å². The van der Waals surface area contributed by atoms with E-state index >= 15 is 0 Å². The van der Waals surface area contributed by atoms with Gasteiger partial charge in [-0.2, -0.15) is 13.2 Å². The molecule has 0 aliphatic rings. The van der Waals surface area contributed by atoms with Crippen molar-refractivity contribution in [3.63, 3.8) is 0 Å². The Morgan fingerprint density at radius 3 is 2.28 bits per heavy atom. The number of carbonyl (C=O) groups excluding carboxylic acids is 2. The van der Waals surface area contributed by atoms with Crippen molar-refractivity contribution in [2.75, 3.05) is 24.4 Å². The number of amides is 2. The Kier molecular flexibility index (Phi) is 5.76. The van der Waals surface area contributed by atoms with Crippen molar-refractivity contribution in [2.45, 2.75) is 6.18 Å². The molecule has 5 nitrogen and oxygen atoms in total. The fourth-order valence-electron chi connectivity index (χ4n) is 2.04. The Bertz CT molecular complexity index is 776. The number of hydrogen-bond acceptors (Lipinski definition) is 3. The van der Waals surface area contributed by atoms with Crippen molar-refractivity contribution in [1.29, 1.82) is 0 Å². The fourth-order valence-corrected chi connectivity index (χ4v) is 2.04. The summed E-state index contributed by atoms with van der Waals surface area (Å²) >= 11 is 0. The predicted molar refractivity (Wildman–Crippen MR) is 86.3 cm³/mol. The molecular formula is C17H15F3N2O3. The average molecular weight is 352 g/mol. The number of hydrogen-bond donors (Lipinski definition) is 2. The number of halogens is 3. The molecule has 0 aliphatic carbocycles. The number of rotatable bonds is 5. The van der Waals surface area contributed by atoms with E-state index < -0.39 is 23.6 Å². The van der Waals surface area contributed by atoms with Crippen LogP contribution in [0.2, 0.25) is 0 Å². The highest BCUT2D eigenvalue weighted by molar-refractivity contribution is 6.05. The normalized spacial score (nSPS) is 11.0. The van der Waals surface area contributed by atoms with E-state index in [0.29, 0.717) is 5.69 Å². The monoisotopic (exact) mass is 352 g/mol. The second-order valence-corrected chi connectivity index (χ2v) is 5.09. The Morgan fingerprint density at radius 2 is 1.64 bits per heavy atom. The van der Waals surface area contributed by atoms with Crippen LogP contribution < -0.4 is 10.6 Å². The van der Waals surface area contributed by atoms with Gasteiger partial charge in [0.15, 0.2) is 0 Å². The predicted octanol–water partition coefficient (Wildman–Crippen LogP) is 3.54. The molecule has 0 atom stereocenters. The third-order valence-corrected chi connectivity index (χ3v) is 3.13. The van der Waals surface area contributed by atoms with Crippen molar-refractivity contribution in [1.82, 2.24) is 0 Å². The quantitative estimate of drug-likeness (QED) is 0.865. The summed E-state index contributed by atoms with van der Waals surface area (Å²) in [5.74, 6) is -0.986. The summed E-state index contributed by atoms with van der Waals surface area (Å²) < 4.78 is 42.8. The van der Waals surface area contributed by atoms with Crippen LogP contribution in [0.3, 0.4) is 0 Å². The van der Waals surface area contributed by atoms with Crippen LogP contribution in [0.15, 0.2) is 48.5 Å². The SMILES string of the molecule is COCC(=O)Nc1cccc(C(=O)Nc2cccc(C(F)(F)F)c2)c1. The highest BCUT2D eigenvalue weighted by Crippen LogP contribution is 2.30. The number of ether oxygens (including phenoxy) is 1. The van der Waals surface area contributed by atoms with Gasteiger partial charge in [-0.3, -0.25) is 9.59 Å². The number of carbonyl (C=O) groups is 2. The molecule has 0 saturated carbocycles.